The molecule has 0 saturated carbocycles. The second kappa shape index (κ2) is 6.47. The van der Waals surface area contributed by atoms with Crippen LogP contribution in [0.3, 0.4) is 0 Å². The summed E-state index contributed by atoms with van der Waals surface area (Å²) in [5.74, 6) is 0.761. The molecule has 0 aliphatic heterocycles. The predicted octanol–water partition coefficient (Wildman–Crippen LogP) is 3.41. The summed E-state index contributed by atoms with van der Waals surface area (Å²) in [5, 5.41) is 3.27. The van der Waals surface area contributed by atoms with Gasteiger partial charge in [0.15, 0.2) is 0 Å². The SMILES string of the molecule is C=C(CC)NC/C=C/C1CC=CCC1. The van der Waals surface area contributed by atoms with Crippen LogP contribution in [-0.2, 0) is 0 Å². The lowest BCUT2D eigenvalue weighted by Crippen LogP contribution is -2.11. The van der Waals surface area contributed by atoms with Crippen molar-refractivity contribution in [1.29, 1.82) is 0 Å². The van der Waals surface area contributed by atoms with E-state index in [4.69, 9.17) is 0 Å². The van der Waals surface area contributed by atoms with Gasteiger partial charge in [0.2, 0.25) is 0 Å². The number of hydrogen-bond donors (Lipinski definition) is 1. The Morgan fingerprint density at radius 2 is 2.43 bits per heavy atom. The van der Waals surface area contributed by atoms with Crippen LogP contribution in [-0.4, -0.2) is 6.54 Å². The van der Waals surface area contributed by atoms with Crippen LogP contribution in [0.15, 0.2) is 36.6 Å². The molecule has 1 rings (SSSR count). The molecule has 0 bridgehead atoms. The molecule has 1 heteroatoms. The first kappa shape index (κ1) is 11.1. The van der Waals surface area contributed by atoms with Gasteiger partial charge >= 0.3 is 0 Å². The fourth-order valence-electron chi connectivity index (χ4n) is 1.58. The molecule has 0 aromatic carbocycles. The summed E-state index contributed by atoms with van der Waals surface area (Å²) in [6.07, 6.45) is 13.9. The van der Waals surface area contributed by atoms with E-state index in [9.17, 15) is 0 Å². The van der Waals surface area contributed by atoms with Crippen molar-refractivity contribution in [2.24, 2.45) is 5.92 Å². The summed E-state index contributed by atoms with van der Waals surface area (Å²) < 4.78 is 0. The number of nitrogens with one attached hydrogen (secondary N) is 1. The highest BCUT2D eigenvalue weighted by atomic mass is 14.9. The first-order valence-corrected chi connectivity index (χ1v) is 5.56. The van der Waals surface area contributed by atoms with Gasteiger partial charge in [0.05, 0.1) is 0 Å². The minimum Gasteiger partial charge on any atom is -0.385 e. The smallest absolute Gasteiger partial charge is 0.0327 e. The van der Waals surface area contributed by atoms with E-state index in [1.807, 2.05) is 0 Å². The van der Waals surface area contributed by atoms with E-state index in [0.717, 1.165) is 24.6 Å². The number of hydrogen-bond acceptors (Lipinski definition) is 1. The van der Waals surface area contributed by atoms with Crippen LogP contribution in [0, 0.1) is 5.92 Å². The number of rotatable bonds is 5. The van der Waals surface area contributed by atoms with E-state index in [1.165, 1.54) is 19.3 Å². The molecule has 0 amide bonds. The van der Waals surface area contributed by atoms with Gasteiger partial charge in [-0.3, -0.25) is 0 Å². The fraction of sp³-hybridized carbons (Fsp3) is 0.538. The molecule has 0 radical (unpaired) electrons. The first-order chi connectivity index (χ1) is 6.83. The molecular formula is C13H21N. The van der Waals surface area contributed by atoms with Crippen molar-refractivity contribution >= 4 is 0 Å². The highest BCUT2D eigenvalue weighted by Crippen LogP contribution is 2.18. The van der Waals surface area contributed by atoms with Crippen LogP contribution < -0.4 is 5.32 Å². The summed E-state index contributed by atoms with van der Waals surface area (Å²) in [5.41, 5.74) is 1.12. The summed E-state index contributed by atoms with van der Waals surface area (Å²) in [6.45, 7) is 6.94. The molecule has 14 heavy (non-hydrogen) atoms. The third-order valence-corrected chi connectivity index (χ3v) is 2.61. The Labute approximate surface area is 87.6 Å². The molecule has 78 valence electrons. The lowest BCUT2D eigenvalue weighted by Gasteiger charge is -2.13. The highest BCUT2D eigenvalue weighted by molar-refractivity contribution is 5.00. The molecule has 1 N–H and O–H groups in total. The minimum atomic E-state index is 0.761. The van der Waals surface area contributed by atoms with E-state index in [-0.39, 0.29) is 0 Å². The lowest BCUT2D eigenvalue weighted by atomic mass is 9.94. The Hall–Kier alpha value is -0.980. The Morgan fingerprint density at radius 1 is 1.57 bits per heavy atom. The Bertz CT molecular complexity index is 225. The van der Waals surface area contributed by atoms with Crippen molar-refractivity contribution in [2.75, 3.05) is 6.54 Å². The van der Waals surface area contributed by atoms with Gasteiger partial charge < -0.3 is 5.32 Å². The second-order valence-electron chi connectivity index (χ2n) is 3.81. The fourth-order valence-corrected chi connectivity index (χ4v) is 1.58. The van der Waals surface area contributed by atoms with Gasteiger partial charge in [-0.15, -0.1) is 0 Å². The highest BCUT2D eigenvalue weighted by Gasteiger charge is 2.04. The van der Waals surface area contributed by atoms with Crippen LogP contribution in [0.4, 0.5) is 0 Å². The minimum absolute atomic E-state index is 0.761. The Morgan fingerprint density at radius 3 is 3.07 bits per heavy atom. The van der Waals surface area contributed by atoms with Crippen molar-refractivity contribution in [2.45, 2.75) is 32.6 Å². The maximum atomic E-state index is 3.90. The van der Waals surface area contributed by atoms with Gasteiger partial charge in [-0.25, -0.2) is 0 Å². The second-order valence-corrected chi connectivity index (χ2v) is 3.81. The van der Waals surface area contributed by atoms with Gasteiger partial charge in [0, 0.05) is 12.2 Å². The zero-order chi connectivity index (χ0) is 10.2. The Kier molecular flexibility index (Phi) is 5.13. The monoisotopic (exact) mass is 191 g/mol. The maximum absolute atomic E-state index is 3.90. The van der Waals surface area contributed by atoms with Gasteiger partial charge in [0.25, 0.3) is 0 Å². The van der Waals surface area contributed by atoms with Gasteiger partial charge in [0.1, 0.15) is 0 Å². The van der Waals surface area contributed by atoms with E-state index in [0.29, 0.717) is 0 Å². The van der Waals surface area contributed by atoms with Crippen LogP contribution in [0.2, 0.25) is 0 Å². The average molecular weight is 191 g/mol. The van der Waals surface area contributed by atoms with E-state index in [1.54, 1.807) is 0 Å². The van der Waals surface area contributed by atoms with Crippen LogP contribution in [0.25, 0.3) is 0 Å². The van der Waals surface area contributed by atoms with E-state index < -0.39 is 0 Å². The molecule has 0 aromatic heterocycles. The zero-order valence-electron chi connectivity index (χ0n) is 9.13. The Balaban J connectivity index is 2.13. The van der Waals surface area contributed by atoms with Crippen LogP contribution in [0.1, 0.15) is 32.6 Å². The topological polar surface area (TPSA) is 12.0 Å². The molecule has 1 aliphatic rings. The van der Waals surface area contributed by atoms with Crippen molar-refractivity contribution in [3.05, 3.63) is 36.6 Å². The molecular weight excluding hydrogens is 170 g/mol. The van der Waals surface area contributed by atoms with Crippen molar-refractivity contribution in [3.8, 4) is 0 Å². The maximum Gasteiger partial charge on any atom is 0.0327 e. The van der Waals surface area contributed by atoms with Gasteiger partial charge in [-0.2, -0.15) is 0 Å². The standard InChI is InChI=1S/C13H21N/c1-3-12(2)14-11-7-10-13-8-5-4-6-9-13/h4-5,7,10,13-14H,2-3,6,8-9,11H2,1H3/b10-7+. The van der Waals surface area contributed by atoms with Gasteiger partial charge in [-0.05, 0) is 31.6 Å². The molecule has 0 spiro atoms. The molecule has 0 saturated heterocycles. The van der Waals surface area contributed by atoms with Gasteiger partial charge in [-0.1, -0.05) is 37.8 Å². The van der Waals surface area contributed by atoms with Crippen LogP contribution >= 0.6 is 0 Å². The van der Waals surface area contributed by atoms with E-state index >= 15 is 0 Å². The third kappa shape index (κ3) is 4.31. The van der Waals surface area contributed by atoms with Crippen molar-refractivity contribution in [1.82, 2.24) is 5.32 Å². The largest absolute Gasteiger partial charge is 0.385 e. The third-order valence-electron chi connectivity index (χ3n) is 2.61. The van der Waals surface area contributed by atoms with E-state index in [2.05, 4.69) is 43.1 Å². The summed E-state index contributed by atoms with van der Waals surface area (Å²) in [6, 6.07) is 0. The molecule has 1 nitrogen and oxygen atoms in total. The summed E-state index contributed by atoms with van der Waals surface area (Å²) in [7, 11) is 0. The summed E-state index contributed by atoms with van der Waals surface area (Å²) in [4.78, 5) is 0. The van der Waals surface area contributed by atoms with Crippen molar-refractivity contribution < 1.29 is 0 Å². The quantitative estimate of drug-likeness (QED) is 0.657. The van der Waals surface area contributed by atoms with Crippen LogP contribution in [0.5, 0.6) is 0 Å². The molecule has 1 unspecified atom stereocenters. The molecule has 1 aliphatic carbocycles. The molecule has 0 fully saturated rings. The lowest BCUT2D eigenvalue weighted by molar-refractivity contribution is 0.582. The normalized spacial score (nSPS) is 21.4. The number of allylic oxidation sites excluding steroid dienone is 4. The zero-order valence-corrected chi connectivity index (χ0v) is 9.13. The predicted molar refractivity (Wildman–Crippen MR) is 63.1 cm³/mol. The molecule has 0 heterocycles. The summed E-state index contributed by atoms with van der Waals surface area (Å²) >= 11 is 0. The molecule has 0 aromatic rings. The molecule has 1 atom stereocenters. The average Bonchev–Trinajstić information content (AvgIpc) is 2.25. The van der Waals surface area contributed by atoms with Crippen molar-refractivity contribution in [3.63, 3.8) is 0 Å². The first-order valence-electron chi connectivity index (χ1n) is 5.56.